The van der Waals surface area contributed by atoms with E-state index in [1.165, 1.54) is 71.7 Å². The third kappa shape index (κ3) is 5.39. The van der Waals surface area contributed by atoms with Gasteiger partial charge in [0.05, 0.1) is 0 Å². The molecule has 0 aromatic heterocycles. The largest absolute Gasteiger partial charge is 0.0654 e. The van der Waals surface area contributed by atoms with Crippen molar-refractivity contribution in [1.82, 2.24) is 0 Å². The van der Waals surface area contributed by atoms with Crippen molar-refractivity contribution in [3.05, 3.63) is 111 Å². The van der Waals surface area contributed by atoms with E-state index in [1.54, 1.807) is 5.57 Å². The van der Waals surface area contributed by atoms with Gasteiger partial charge in [-0.1, -0.05) is 140 Å². The van der Waals surface area contributed by atoms with Crippen molar-refractivity contribution in [1.29, 1.82) is 0 Å². The maximum absolute atomic E-state index is 3.73. The topological polar surface area (TPSA) is 0 Å². The normalized spacial score (nSPS) is 15.2. The zero-order chi connectivity index (χ0) is 21.5. The molecule has 0 radical (unpaired) electrons. The molecular weight excluding hydrogens is 440 g/mol. The van der Waals surface area contributed by atoms with Gasteiger partial charge in [0, 0.05) is 16.3 Å². The Morgan fingerprint density at radius 1 is 0.742 bits per heavy atom. The van der Waals surface area contributed by atoms with Crippen LogP contribution in [-0.4, -0.2) is 0 Å². The predicted molar refractivity (Wildman–Crippen MR) is 138 cm³/mol. The van der Waals surface area contributed by atoms with Crippen molar-refractivity contribution >= 4 is 22.0 Å². The highest BCUT2D eigenvalue weighted by Gasteiger charge is 2.31. The molecule has 1 atom stereocenters. The summed E-state index contributed by atoms with van der Waals surface area (Å²) in [6.07, 6.45) is 11.8. The van der Waals surface area contributed by atoms with Crippen LogP contribution >= 0.6 is 15.9 Å². The second kappa shape index (κ2) is 11.0. The van der Waals surface area contributed by atoms with Crippen molar-refractivity contribution in [3.63, 3.8) is 0 Å². The van der Waals surface area contributed by atoms with Gasteiger partial charge in [0.2, 0.25) is 0 Å². The summed E-state index contributed by atoms with van der Waals surface area (Å²) in [5.41, 5.74) is 7.22. The van der Waals surface area contributed by atoms with Crippen molar-refractivity contribution < 1.29 is 0 Å². The molecule has 160 valence electrons. The minimum atomic E-state index is 0.304. The first-order valence-electron chi connectivity index (χ1n) is 11.9. The van der Waals surface area contributed by atoms with Crippen LogP contribution in [0.15, 0.2) is 88.9 Å². The Bertz CT molecular complexity index is 948. The summed E-state index contributed by atoms with van der Waals surface area (Å²) in [4.78, 5) is 0. The maximum Gasteiger partial charge on any atom is 0.0308 e. The van der Waals surface area contributed by atoms with Crippen molar-refractivity contribution in [3.8, 4) is 0 Å². The molecule has 0 saturated heterocycles. The van der Waals surface area contributed by atoms with Crippen LogP contribution in [0.1, 0.15) is 86.0 Å². The van der Waals surface area contributed by atoms with Gasteiger partial charge < -0.3 is 0 Å². The van der Waals surface area contributed by atoms with Gasteiger partial charge in [-0.15, -0.1) is 0 Å². The van der Waals surface area contributed by atoms with Crippen LogP contribution in [0.25, 0.3) is 6.08 Å². The fraction of sp³-hybridized carbons (Fsp3) is 0.333. The molecule has 0 heterocycles. The fourth-order valence-electron chi connectivity index (χ4n) is 5.04. The van der Waals surface area contributed by atoms with Gasteiger partial charge >= 0.3 is 0 Å². The lowest BCUT2D eigenvalue weighted by atomic mass is 9.77. The van der Waals surface area contributed by atoms with E-state index in [9.17, 15) is 0 Å². The average molecular weight is 473 g/mol. The van der Waals surface area contributed by atoms with Crippen LogP contribution < -0.4 is 0 Å². The van der Waals surface area contributed by atoms with Crippen LogP contribution in [0.4, 0.5) is 0 Å². The zero-order valence-corrected chi connectivity index (χ0v) is 20.2. The Morgan fingerprint density at radius 3 is 2.00 bits per heavy atom. The lowest BCUT2D eigenvalue weighted by Gasteiger charge is -2.26. The summed E-state index contributed by atoms with van der Waals surface area (Å²) in [5.74, 6) is 0.794. The average Bonchev–Trinajstić information content (AvgIpc) is 3.15. The van der Waals surface area contributed by atoms with Crippen LogP contribution in [-0.2, 0) is 0 Å². The van der Waals surface area contributed by atoms with Gasteiger partial charge in [-0.3, -0.25) is 0 Å². The molecule has 31 heavy (non-hydrogen) atoms. The summed E-state index contributed by atoms with van der Waals surface area (Å²) in [6.45, 7) is 2.29. The third-order valence-corrected chi connectivity index (χ3v) is 7.09. The Kier molecular flexibility index (Phi) is 7.81. The first kappa shape index (κ1) is 22.1. The predicted octanol–water partition coefficient (Wildman–Crippen LogP) is 9.51. The van der Waals surface area contributed by atoms with E-state index >= 15 is 0 Å². The highest BCUT2D eigenvalue weighted by molar-refractivity contribution is 9.10. The Hall–Kier alpha value is -2.12. The number of halogens is 1. The van der Waals surface area contributed by atoms with Gasteiger partial charge in [0.1, 0.15) is 0 Å². The van der Waals surface area contributed by atoms with E-state index in [1.807, 2.05) is 0 Å². The first-order valence-corrected chi connectivity index (χ1v) is 12.7. The SMILES string of the molecule is CCCCCCCCC1C(C(c2ccccc2)c2ccccc2)=Cc2ccc(Br)cc21. The van der Waals surface area contributed by atoms with Crippen molar-refractivity contribution in [2.24, 2.45) is 0 Å². The van der Waals surface area contributed by atoms with E-state index in [0.29, 0.717) is 11.8 Å². The fourth-order valence-corrected chi connectivity index (χ4v) is 5.42. The second-order valence-corrected chi connectivity index (χ2v) is 9.70. The number of unbranched alkanes of at least 4 members (excludes halogenated alkanes) is 5. The number of hydrogen-bond donors (Lipinski definition) is 0. The van der Waals surface area contributed by atoms with E-state index in [0.717, 1.165) is 0 Å². The molecule has 0 bridgehead atoms. The van der Waals surface area contributed by atoms with Crippen LogP contribution in [0.2, 0.25) is 0 Å². The quantitative estimate of drug-likeness (QED) is 0.257. The minimum Gasteiger partial charge on any atom is -0.0654 e. The standard InChI is InChI=1S/C30H33Br/c1-2-3-4-5-6-13-18-27-28-22-26(31)20-19-25(28)21-29(27)30(23-14-9-7-10-15-23)24-16-11-8-12-17-24/h7-12,14-17,19-22,27,30H,2-6,13,18H2,1H3. The van der Waals surface area contributed by atoms with Gasteiger partial charge in [-0.2, -0.15) is 0 Å². The molecule has 4 rings (SSSR count). The van der Waals surface area contributed by atoms with Crippen LogP contribution in [0, 0.1) is 0 Å². The maximum atomic E-state index is 3.73. The molecule has 0 nitrogen and oxygen atoms in total. The Labute approximate surface area is 196 Å². The molecule has 3 aromatic rings. The number of benzene rings is 3. The molecule has 0 amide bonds. The van der Waals surface area contributed by atoms with Gasteiger partial charge in [0.25, 0.3) is 0 Å². The number of allylic oxidation sites excluding steroid dienone is 1. The lowest BCUT2D eigenvalue weighted by Crippen LogP contribution is -2.10. The number of rotatable bonds is 10. The smallest absolute Gasteiger partial charge is 0.0308 e. The summed E-state index contributed by atoms with van der Waals surface area (Å²) < 4.78 is 1.19. The summed E-state index contributed by atoms with van der Waals surface area (Å²) >= 11 is 3.73. The second-order valence-electron chi connectivity index (χ2n) is 8.78. The molecule has 3 aromatic carbocycles. The van der Waals surface area contributed by atoms with E-state index in [2.05, 4.69) is 108 Å². The summed E-state index contributed by atoms with van der Waals surface area (Å²) in [7, 11) is 0. The molecule has 1 unspecified atom stereocenters. The molecule has 1 aliphatic rings. The van der Waals surface area contributed by atoms with Gasteiger partial charge in [-0.05, 0) is 40.8 Å². The Balaban J connectivity index is 1.65. The van der Waals surface area contributed by atoms with E-state index in [4.69, 9.17) is 0 Å². The van der Waals surface area contributed by atoms with E-state index in [-0.39, 0.29) is 0 Å². The van der Waals surface area contributed by atoms with Crippen molar-refractivity contribution in [2.75, 3.05) is 0 Å². The van der Waals surface area contributed by atoms with Gasteiger partial charge in [0.15, 0.2) is 0 Å². The summed E-state index contributed by atoms with van der Waals surface area (Å²) in [5, 5.41) is 0. The Morgan fingerprint density at radius 2 is 1.35 bits per heavy atom. The molecule has 0 aliphatic heterocycles. The first-order chi connectivity index (χ1) is 15.3. The highest BCUT2D eigenvalue weighted by Crippen LogP contribution is 2.49. The third-order valence-electron chi connectivity index (χ3n) is 6.59. The van der Waals surface area contributed by atoms with Crippen LogP contribution in [0.5, 0.6) is 0 Å². The van der Waals surface area contributed by atoms with Gasteiger partial charge in [-0.25, -0.2) is 0 Å². The highest BCUT2D eigenvalue weighted by atomic mass is 79.9. The zero-order valence-electron chi connectivity index (χ0n) is 18.6. The summed E-state index contributed by atoms with van der Waals surface area (Å²) in [6, 6.07) is 28.9. The van der Waals surface area contributed by atoms with E-state index < -0.39 is 0 Å². The molecule has 0 saturated carbocycles. The van der Waals surface area contributed by atoms with Crippen LogP contribution in [0.3, 0.4) is 0 Å². The number of hydrogen-bond acceptors (Lipinski definition) is 0. The van der Waals surface area contributed by atoms with Crippen molar-refractivity contribution in [2.45, 2.75) is 63.7 Å². The molecule has 0 N–H and O–H groups in total. The molecule has 0 spiro atoms. The molecule has 1 aliphatic carbocycles. The lowest BCUT2D eigenvalue weighted by molar-refractivity contribution is 0.561. The molecular formula is C30H33Br. The molecule has 1 heteroatoms. The monoisotopic (exact) mass is 472 g/mol. The number of fused-ring (bicyclic) bond motifs is 1. The minimum absolute atomic E-state index is 0.304. The molecule has 0 fully saturated rings.